The van der Waals surface area contributed by atoms with Crippen LogP contribution in [0.4, 0.5) is 0 Å². The number of rotatable bonds is 0. The molecule has 0 aromatic heterocycles. The Morgan fingerprint density at radius 1 is 0.0513 bits per heavy atom. The van der Waals surface area contributed by atoms with Gasteiger partial charge < -0.3 is 49.3 Å². The van der Waals surface area contributed by atoms with Gasteiger partial charge in [0.05, 0.1) is 0 Å². The van der Waals surface area contributed by atoms with E-state index in [1.54, 1.807) is 0 Å². The molecule has 0 aromatic carbocycles. The Labute approximate surface area is 549 Å². The minimum absolute atomic E-state index is 0. The molecule has 0 unspecified atom stereocenters. The van der Waals surface area contributed by atoms with E-state index in [0.29, 0.717) is 0 Å². The Hall–Kier alpha value is 15.2. The fourth-order valence-corrected chi connectivity index (χ4v) is 0. The van der Waals surface area contributed by atoms with Crippen molar-refractivity contribution in [1.82, 2.24) is 0 Å². The first-order valence-electron chi connectivity index (χ1n) is 0. The van der Waals surface area contributed by atoms with Crippen LogP contribution in [0.3, 0.4) is 0 Å². The summed E-state index contributed by atoms with van der Waals surface area (Å²) in [6, 6.07) is 0. The third kappa shape index (κ3) is 603. The minimum Gasteiger partial charge on any atom is -0.870 e. The SMILES string of the molecule is [Fe+3].[Fe+3].[Fe+3].[Fe+3].[Fe+3].[Fe+3].[Fe+3].[Fe+3].[Fe+3].[Fe+3].[Fe+3].[Fe+3].[Fe+3].[Fe+3].[Fe+3].[Fe+3].[Fe+3].[Fe+3].[Fe+3].[Fe+3].[Fe+3].[Fe+3].[Fe+3].[Fe+3].[Fe+3].[Fe+3].[Fe+3].[Fe+3].[Fe+3].[Fe+3].[OH-].[OH-].[OH-].[OH-].[OH-].[OH-].[OH-].[OH-].[OH-]. The van der Waals surface area contributed by atoms with Crippen LogP contribution in [0.5, 0.6) is 0 Å². The Kier molecular flexibility index (Phi) is 10600. The van der Waals surface area contributed by atoms with E-state index < -0.39 is 0 Å². The molecule has 9 N–H and O–H groups in total. The Bertz CT molecular complexity index is 30.4. The Morgan fingerprint density at radius 2 is 0.0513 bits per heavy atom. The van der Waals surface area contributed by atoms with Crippen molar-refractivity contribution in [3.05, 3.63) is 0 Å². The van der Waals surface area contributed by atoms with Crippen molar-refractivity contribution in [1.29, 1.82) is 0 Å². The van der Waals surface area contributed by atoms with Crippen LogP contribution in [-0.2, 0) is 512 Å². The summed E-state index contributed by atoms with van der Waals surface area (Å²) in [6.07, 6.45) is 0. The monoisotopic (exact) mass is 1830 g/mol. The standard InChI is InChI=1S/30Fe.9H2O/h;;;;;;;;;;;;;;;;;;;;;;;;;;;;;;9*1H2/q30*+3;;;;;;;;;/p-9. The average molecular weight is 1830 g/mol. The molecule has 0 saturated heterocycles. The van der Waals surface area contributed by atoms with E-state index in [2.05, 4.69) is 0 Å². The molecule has 0 atom stereocenters. The molecule has 9 nitrogen and oxygen atoms in total. The second-order valence-corrected chi connectivity index (χ2v) is 0. The first-order valence-corrected chi connectivity index (χ1v) is 0. The van der Waals surface area contributed by atoms with Crippen LogP contribution in [-0.4, -0.2) is 49.3 Å². The van der Waals surface area contributed by atoms with Crippen molar-refractivity contribution in [3.63, 3.8) is 0 Å². The van der Waals surface area contributed by atoms with Crippen LogP contribution in [0.2, 0.25) is 0 Å². The summed E-state index contributed by atoms with van der Waals surface area (Å²) in [5.74, 6) is 0. The van der Waals surface area contributed by atoms with E-state index in [-0.39, 0.29) is 561 Å². The molecule has 0 spiro atoms. The normalized spacial score (nSPS) is 0. The van der Waals surface area contributed by atoms with Crippen LogP contribution in [0, 0.1) is 0 Å². The van der Waals surface area contributed by atoms with Crippen molar-refractivity contribution in [2.24, 2.45) is 0 Å². The molecule has 0 aliphatic heterocycles. The van der Waals surface area contributed by atoms with Crippen LogP contribution in [0.15, 0.2) is 0 Å². The molecule has 0 saturated carbocycles. The van der Waals surface area contributed by atoms with E-state index in [9.17, 15) is 0 Å². The maximum Gasteiger partial charge on any atom is 3.00 e. The summed E-state index contributed by atoms with van der Waals surface area (Å²) in [4.78, 5) is 0. The van der Waals surface area contributed by atoms with Crippen LogP contribution < -0.4 is 0 Å². The second kappa shape index (κ2) is 626. The molecule has 0 heterocycles. The van der Waals surface area contributed by atoms with Crippen LogP contribution >= 0.6 is 0 Å². The maximum atomic E-state index is 0. The molecule has 30 radical (unpaired) electrons. The summed E-state index contributed by atoms with van der Waals surface area (Å²) >= 11 is 0. The summed E-state index contributed by atoms with van der Waals surface area (Å²) in [5.41, 5.74) is 0. The van der Waals surface area contributed by atoms with Gasteiger partial charge in [-0.15, -0.1) is 0 Å². The zero-order valence-corrected chi connectivity index (χ0v) is 47.8. The minimum atomic E-state index is 0. The van der Waals surface area contributed by atoms with Crippen LogP contribution in [0.25, 0.3) is 0 Å². The van der Waals surface area contributed by atoms with E-state index in [0.717, 1.165) is 0 Å². The maximum absolute atomic E-state index is 0. The van der Waals surface area contributed by atoms with E-state index in [1.807, 2.05) is 0 Å². The number of hydrogen-bond donors (Lipinski definition) is 0. The molecule has 39 heteroatoms. The molecule has 0 aliphatic rings. The topological polar surface area (TPSA) is 270 Å². The molecule has 0 bridgehead atoms. The van der Waals surface area contributed by atoms with Gasteiger partial charge in [-0.05, 0) is 0 Å². The summed E-state index contributed by atoms with van der Waals surface area (Å²) in [7, 11) is 0. The van der Waals surface area contributed by atoms with Crippen molar-refractivity contribution in [2.75, 3.05) is 0 Å². The summed E-state index contributed by atoms with van der Waals surface area (Å²) in [6.45, 7) is 0. The first-order chi connectivity index (χ1) is 0. The number of hydrogen-bond acceptors (Lipinski definition) is 9. The van der Waals surface area contributed by atoms with Crippen LogP contribution in [0.1, 0.15) is 0 Å². The Morgan fingerprint density at radius 3 is 0.0513 bits per heavy atom. The van der Waals surface area contributed by atoms with Crippen molar-refractivity contribution in [3.8, 4) is 0 Å². The molecule has 0 amide bonds. The molecular weight excluding hydrogens is 1820 g/mol. The van der Waals surface area contributed by atoms with Gasteiger partial charge in [0, 0.05) is 0 Å². The molecule has 0 rings (SSSR count). The van der Waals surface area contributed by atoms with Gasteiger partial charge in [-0.1, -0.05) is 0 Å². The van der Waals surface area contributed by atoms with E-state index in [4.69, 9.17) is 0 Å². The van der Waals surface area contributed by atoms with Gasteiger partial charge >= 0.3 is 512 Å². The zero-order valence-electron chi connectivity index (χ0n) is 14.6. The van der Waals surface area contributed by atoms with Gasteiger partial charge in [-0.3, -0.25) is 0 Å². The molecule has 0 aromatic rings. The van der Waals surface area contributed by atoms with Gasteiger partial charge in [0.15, 0.2) is 0 Å². The van der Waals surface area contributed by atoms with Gasteiger partial charge in [0.2, 0.25) is 0 Å². The third-order valence-electron chi connectivity index (χ3n) is 0. The first kappa shape index (κ1) is 663. The van der Waals surface area contributed by atoms with Gasteiger partial charge in [-0.25, -0.2) is 0 Å². The molecule has 0 fully saturated rings. The summed E-state index contributed by atoms with van der Waals surface area (Å²) in [5, 5.41) is 0. The van der Waals surface area contributed by atoms with Crippen molar-refractivity contribution >= 4 is 0 Å². The van der Waals surface area contributed by atoms with E-state index in [1.165, 1.54) is 0 Å². The largest absolute Gasteiger partial charge is 3.00 e. The molecular formula is H9Fe30O9+81. The molecule has 222 valence electrons. The van der Waals surface area contributed by atoms with Gasteiger partial charge in [-0.2, -0.15) is 0 Å². The third-order valence-corrected chi connectivity index (χ3v) is 0. The van der Waals surface area contributed by atoms with Gasteiger partial charge in [0.25, 0.3) is 0 Å². The Balaban J connectivity index is 0. The average Bonchev–Trinajstić information content (AvgIpc) is 0. The van der Waals surface area contributed by atoms with E-state index >= 15 is 0 Å². The smallest absolute Gasteiger partial charge is 0.870 e. The summed E-state index contributed by atoms with van der Waals surface area (Å²) < 4.78 is 0. The van der Waals surface area contributed by atoms with Crippen molar-refractivity contribution < 1.29 is 561 Å². The predicted molar refractivity (Wildman–Crippen MR) is 17.4 cm³/mol. The van der Waals surface area contributed by atoms with Crippen molar-refractivity contribution in [2.45, 2.75) is 0 Å². The second-order valence-electron chi connectivity index (χ2n) is 0. The van der Waals surface area contributed by atoms with Gasteiger partial charge in [0.1, 0.15) is 0 Å². The molecule has 39 heavy (non-hydrogen) atoms. The fraction of sp³-hybridized carbons (Fsp3) is 0. The fourth-order valence-electron chi connectivity index (χ4n) is 0. The quantitative estimate of drug-likeness (QED) is 0.251. The molecule has 0 aliphatic carbocycles. The zero-order chi connectivity index (χ0) is 0. The predicted octanol–water partition coefficient (Wildman–Crippen LogP) is -1.67.